The second kappa shape index (κ2) is 8.75. The standard InChI is InChI=1S/C21H21NO5S/c1-4-25-21(24)17-13(2)14(3)28-20(17)22-19(23)18-15(10-11-26-18)12-27-16-8-6-5-7-9-16/h5-11H,4,12H2,1-3H3,(H,22,23). The van der Waals surface area contributed by atoms with Crippen LogP contribution in [0.3, 0.4) is 0 Å². The third kappa shape index (κ3) is 4.26. The molecule has 1 aromatic carbocycles. The number of thiophene rings is 1. The summed E-state index contributed by atoms with van der Waals surface area (Å²) in [6.45, 7) is 5.92. The highest BCUT2D eigenvalue weighted by molar-refractivity contribution is 7.16. The second-order valence-corrected chi connectivity index (χ2v) is 7.26. The minimum Gasteiger partial charge on any atom is -0.489 e. The Balaban J connectivity index is 1.77. The molecule has 0 unspecified atom stereocenters. The van der Waals surface area contributed by atoms with Crippen LogP contribution in [0.5, 0.6) is 5.75 Å². The Bertz CT molecular complexity index is 974. The van der Waals surface area contributed by atoms with Crippen molar-refractivity contribution in [2.75, 3.05) is 11.9 Å². The van der Waals surface area contributed by atoms with E-state index in [2.05, 4.69) is 5.32 Å². The molecule has 0 bridgehead atoms. The molecule has 1 N–H and O–H groups in total. The smallest absolute Gasteiger partial charge is 0.341 e. The maximum atomic E-state index is 12.8. The largest absolute Gasteiger partial charge is 0.489 e. The van der Waals surface area contributed by atoms with E-state index in [1.807, 2.05) is 44.2 Å². The first kappa shape index (κ1) is 19.7. The Morgan fingerprint density at radius 2 is 1.89 bits per heavy atom. The van der Waals surface area contributed by atoms with Gasteiger partial charge in [0.15, 0.2) is 5.76 Å². The molecule has 0 spiro atoms. The number of benzene rings is 1. The molecule has 0 saturated heterocycles. The summed E-state index contributed by atoms with van der Waals surface area (Å²) in [5.74, 6) is -0.0474. The van der Waals surface area contributed by atoms with Crippen LogP contribution in [0.1, 0.15) is 43.8 Å². The normalized spacial score (nSPS) is 10.5. The molecular formula is C21H21NO5S. The highest BCUT2D eigenvalue weighted by Gasteiger charge is 2.24. The molecule has 0 aliphatic heterocycles. The maximum Gasteiger partial charge on any atom is 0.341 e. The van der Waals surface area contributed by atoms with Gasteiger partial charge in [-0.05, 0) is 44.5 Å². The molecule has 28 heavy (non-hydrogen) atoms. The SMILES string of the molecule is CCOC(=O)c1c(NC(=O)c2occc2COc2ccccc2)sc(C)c1C. The predicted octanol–water partition coefficient (Wildman–Crippen LogP) is 4.97. The fourth-order valence-corrected chi connectivity index (χ4v) is 3.69. The van der Waals surface area contributed by atoms with E-state index >= 15 is 0 Å². The molecule has 2 heterocycles. The predicted molar refractivity (Wildman–Crippen MR) is 107 cm³/mol. The summed E-state index contributed by atoms with van der Waals surface area (Å²) in [5, 5.41) is 3.23. The van der Waals surface area contributed by atoms with Crippen LogP contribution in [-0.2, 0) is 11.3 Å². The van der Waals surface area contributed by atoms with Gasteiger partial charge in [0.25, 0.3) is 5.91 Å². The summed E-state index contributed by atoms with van der Waals surface area (Å²) < 4.78 is 16.2. The third-order valence-corrected chi connectivity index (χ3v) is 5.31. The molecule has 0 fully saturated rings. The molecule has 7 heteroatoms. The number of esters is 1. The number of nitrogens with one attached hydrogen (secondary N) is 1. The zero-order valence-corrected chi connectivity index (χ0v) is 16.7. The number of anilines is 1. The summed E-state index contributed by atoms with van der Waals surface area (Å²) in [6.07, 6.45) is 1.44. The number of para-hydroxylation sites is 1. The van der Waals surface area contributed by atoms with Crippen LogP contribution in [-0.4, -0.2) is 18.5 Å². The molecular weight excluding hydrogens is 378 g/mol. The first-order valence-electron chi connectivity index (χ1n) is 8.84. The molecule has 3 rings (SSSR count). The number of aryl methyl sites for hydroxylation is 1. The van der Waals surface area contributed by atoms with Gasteiger partial charge >= 0.3 is 5.97 Å². The first-order chi connectivity index (χ1) is 13.5. The van der Waals surface area contributed by atoms with E-state index in [0.29, 0.717) is 21.9 Å². The van der Waals surface area contributed by atoms with Crippen LogP contribution in [0.15, 0.2) is 47.1 Å². The van der Waals surface area contributed by atoms with Crippen molar-refractivity contribution in [3.05, 3.63) is 70.0 Å². The average Bonchev–Trinajstić information content (AvgIpc) is 3.26. The molecule has 2 aromatic heterocycles. The zero-order valence-electron chi connectivity index (χ0n) is 15.9. The minimum atomic E-state index is -0.452. The fourth-order valence-electron chi connectivity index (χ4n) is 2.65. The van der Waals surface area contributed by atoms with Crippen molar-refractivity contribution in [1.82, 2.24) is 0 Å². The van der Waals surface area contributed by atoms with Crippen molar-refractivity contribution < 1.29 is 23.5 Å². The summed E-state index contributed by atoms with van der Waals surface area (Å²) in [7, 11) is 0. The van der Waals surface area contributed by atoms with Gasteiger partial charge < -0.3 is 19.2 Å². The van der Waals surface area contributed by atoms with E-state index in [1.165, 1.54) is 17.6 Å². The molecule has 3 aromatic rings. The number of carbonyl (C=O) groups is 2. The van der Waals surface area contributed by atoms with Crippen LogP contribution in [0.4, 0.5) is 5.00 Å². The van der Waals surface area contributed by atoms with Gasteiger partial charge in [-0.2, -0.15) is 0 Å². The van der Waals surface area contributed by atoms with E-state index in [1.54, 1.807) is 13.0 Å². The van der Waals surface area contributed by atoms with Crippen molar-refractivity contribution in [3.8, 4) is 5.75 Å². The number of hydrogen-bond donors (Lipinski definition) is 1. The monoisotopic (exact) mass is 399 g/mol. The molecule has 0 saturated carbocycles. The number of carbonyl (C=O) groups excluding carboxylic acids is 2. The van der Waals surface area contributed by atoms with Gasteiger partial charge in [0.05, 0.1) is 18.4 Å². The topological polar surface area (TPSA) is 77.8 Å². The number of furan rings is 1. The van der Waals surface area contributed by atoms with Gasteiger partial charge in [-0.1, -0.05) is 18.2 Å². The molecule has 0 aliphatic rings. The Kier molecular flexibility index (Phi) is 6.16. The molecule has 1 amide bonds. The van der Waals surface area contributed by atoms with Gasteiger partial charge in [-0.25, -0.2) is 4.79 Å². The summed E-state index contributed by atoms with van der Waals surface area (Å²) >= 11 is 1.33. The number of ether oxygens (including phenoxy) is 2. The summed E-state index contributed by atoms with van der Waals surface area (Å²) in [4.78, 5) is 26.0. The second-order valence-electron chi connectivity index (χ2n) is 6.04. The molecule has 0 radical (unpaired) electrons. The van der Waals surface area contributed by atoms with Crippen molar-refractivity contribution >= 4 is 28.2 Å². The summed E-state index contributed by atoms with van der Waals surface area (Å²) in [5.41, 5.74) is 1.79. The Morgan fingerprint density at radius 1 is 1.14 bits per heavy atom. The Hall–Kier alpha value is -3.06. The van der Waals surface area contributed by atoms with Crippen LogP contribution in [0, 0.1) is 13.8 Å². The maximum absolute atomic E-state index is 12.8. The number of hydrogen-bond acceptors (Lipinski definition) is 6. The molecule has 6 nitrogen and oxygen atoms in total. The molecule has 0 aliphatic carbocycles. The minimum absolute atomic E-state index is 0.148. The summed E-state index contributed by atoms with van der Waals surface area (Å²) in [6, 6.07) is 11.0. The third-order valence-electron chi connectivity index (χ3n) is 4.18. The molecule has 0 atom stereocenters. The van der Waals surface area contributed by atoms with Crippen LogP contribution in [0.25, 0.3) is 0 Å². The van der Waals surface area contributed by atoms with Crippen LogP contribution >= 0.6 is 11.3 Å². The Morgan fingerprint density at radius 3 is 2.61 bits per heavy atom. The highest BCUT2D eigenvalue weighted by atomic mass is 32.1. The van der Waals surface area contributed by atoms with E-state index in [0.717, 1.165) is 10.4 Å². The highest BCUT2D eigenvalue weighted by Crippen LogP contribution is 2.33. The number of rotatable bonds is 7. The van der Waals surface area contributed by atoms with Gasteiger partial charge in [0.2, 0.25) is 0 Å². The fraction of sp³-hybridized carbons (Fsp3) is 0.238. The van der Waals surface area contributed by atoms with E-state index < -0.39 is 11.9 Å². The van der Waals surface area contributed by atoms with E-state index in [9.17, 15) is 9.59 Å². The Labute approximate surface area is 167 Å². The van der Waals surface area contributed by atoms with Gasteiger partial charge in [0, 0.05) is 10.4 Å². The zero-order chi connectivity index (χ0) is 20.1. The number of amides is 1. The lowest BCUT2D eigenvalue weighted by Crippen LogP contribution is -2.16. The lowest BCUT2D eigenvalue weighted by Gasteiger charge is -2.08. The van der Waals surface area contributed by atoms with Crippen molar-refractivity contribution in [3.63, 3.8) is 0 Å². The van der Waals surface area contributed by atoms with Crippen molar-refractivity contribution in [2.24, 2.45) is 0 Å². The quantitative estimate of drug-likeness (QED) is 0.568. The lowest BCUT2D eigenvalue weighted by molar-refractivity contribution is 0.0527. The lowest BCUT2D eigenvalue weighted by atomic mass is 10.1. The first-order valence-corrected chi connectivity index (χ1v) is 9.65. The average molecular weight is 399 g/mol. The van der Waals surface area contributed by atoms with Crippen molar-refractivity contribution in [1.29, 1.82) is 0 Å². The van der Waals surface area contributed by atoms with Crippen molar-refractivity contribution in [2.45, 2.75) is 27.4 Å². The molecule has 146 valence electrons. The van der Waals surface area contributed by atoms with Gasteiger partial charge in [-0.15, -0.1) is 11.3 Å². The van der Waals surface area contributed by atoms with Gasteiger partial charge in [-0.3, -0.25) is 4.79 Å². The van der Waals surface area contributed by atoms with E-state index in [-0.39, 0.29) is 19.0 Å². The van der Waals surface area contributed by atoms with Crippen LogP contribution in [0.2, 0.25) is 0 Å². The van der Waals surface area contributed by atoms with Gasteiger partial charge in [0.1, 0.15) is 17.4 Å². The van der Waals surface area contributed by atoms with Crippen LogP contribution < -0.4 is 10.1 Å². The van der Waals surface area contributed by atoms with E-state index in [4.69, 9.17) is 13.9 Å².